The van der Waals surface area contributed by atoms with E-state index < -0.39 is 8.02 Å². The van der Waals surface area contributed by atoms with Gasteiger partial charge in [-0.25, -0.2) is 0 Å². The maximum absolute atomic E-state index is 6.23. The third-order valence-electron chi connectivity index (χ3n) is 5.03. The van der Waals surface area contributed by atoms with E-state index in [1.807, 2.05) is 0 Å². The van der Waals surface area contributed by atoms with E-state index in [1.54, 1.807) is 0 Å². The Bertz CT molecular complexity index is 635. The molecular weight excluding hydrogens is 307 g/mol. The van der Waals surface area contributed by atoms with Gasteiger partial charge < -0.3 is 0 Å². The van der Waals surface area contributed by atoms with Gasteiger partial charge in [-0.1, -0.05) is 60.7 Å². The van der Waals surface area contributed by atoms with Crippen LogP contribution >= 0.6 is 8.02 Å². The van der Waals surface area contributed by atoms with Crippen LogP contribution in [0.4, 0.5) is 0 Å². The summed E-state index contributed by atoms with van der Waals surface area (Å²) in [6.07, 6.45) is 0. The Hall–Kier alpha value is -1.29. The SMILES string of the molecule is c1ccc([C@H]2[C@H](c3ccccc3)N3CCO[P+]34OCCN24)cc1. The smallest absolute Gasteiger partial charge is 0.171 e. The second-order valence-corrected chi connectivity index (χ2v) is 8.72. The molecule has 2 aromatic rings. The van der Waals surface area contributed by atoms with Crippen molar-refractivity contribution in [1.29, 1.82) is 0 Å². The number of nitrogens with zero attached hydrogens (tertiary/aromatic N) is 2. The highest BCUT2D eigenvalue weighted by Crippen LogP contribution is 2.82. The van der Waals surface area contributed by atoms with Crippen LogP contribution in [-0.4, -0.2) is 35.6 Å². The van der Waals surface area contributed by atoms with Crippen molar-refractivity contribution in [2.75, 3.05) is 26.3 Å². The van der Waals surface area contributed by atoms with Gasteiger partial charge in [0.2, 0.25) is 0 Å². The Morgan fingerprint density at radius 1 is 0.696 bits per heavy atom. The van der Waals surface area contributed by atoms with E-state index in [2.05, 4.69) is 70.0 Å². The zero-order chi connectivity index (χ0) is 15.3. The summed E-state index contributed by atoms with van der Waals surface area (Å²) < 4.78 is 17.5. The molecule has 2 atom stereocenters. The van der Waals surface area contributed by atoms with Gasteiger partial charge in [-0.15, -0.1) is 9.34 Å². The van der Waals surface area contributed by atoms with Crippen LogP contribution in [0.5, 0.6) is 0 Å². The Balaban J connectivity index is 1.67. The summed E-state index contributed by atoms with van der Waals surface area (Å²) in [6.45, 7) is 3.45. The molecule has 3 aliphatic heterocycles. The summed E-state index contributed by atoms with van der Waals surface area (Å²) in [5, 5.41) is 0. The third kappa shape index (κ3) is 1.97. The number of rotatable bonds is 2. The molecule has 0 radical (unpaired) electrons. The lowest BCUT2D eigenvalue weighted by Gasteiger charge is -2.23. The molecule has 0 amide bonds. The third-order valence-corrected chi connectivity index (χ3v) is 8.27. The van der Waals surface area contributed by atoms with E-state index in [9.17, 15) is 0 Å². The molecule has 0 aromatic heterocycles. The first-order chi connectivity index (χ1) is 11.4. The zero-order valence-corrected chi connectivity index (χ0v) is 13.8. The Morgan fingerprint density at radius 3 is 1.57 bits per heavy atom. The highest BCUT2D eigenvalue weighted by atomic mass is 31.2. The predicted molar refractivity (Wildman–Crippen MR) is 90.6 cm³/mol. The zero-order valence-electron chi connectivity index (χ0n) is 12.9. The Kier molecular flexibility index (Phi) is 3.29. The van der Waals surface area contributed by atoms with Gasteiger partial charge >= 0.3 is 8.02 Å². The summed E-state index contributed by atoms with van der Waals surface area (Å²) in [5.74, 6) is 0. The van der Waals surface area contributed by atoms with Crippen molar-refractivity contribution in [3.8, 4) is 0 Å². The molecule has 3 fully saturated rings. The van der Waals surface area contributed by atoms with Gasteiger partial charge in [0.15, 0.2) is 0 Å². The van der Waals surface area contributed by atoms with Crippen LogP contribution in [-0.2, 0) is 9.05 Å². The van der Waals surface area contributed by atoms with Crippen LogP contribution in [0.3, 0.4) is 0 Å². The van der Waals surface area contributed by atoms with Crippen molar-refractivity contribution in [3.05, 3.63) is 71.8 Å². The van der Waals surface area contributed by atoms with Gasteiger partial charge in [-0.3, -0.25) is 0 Å². The highest BCUT2D eigenvalue weighted by Gasteiger charge is 2.74. The van der Waals surface area contributed by atoms with E-state index in [4.69, 9.17) is 9.05 Å². The molecule has 3 saturated heterocycles. The monoisotopic (exact) mass is 327 g/mol. The number of hydrogen-bond donors (Lipinski definition) is 0. The summed E-state index contributed by atoms with van der Waals surface area (Å²) >= 11 is 0. The molecule has 0 unspecified atom stereocenters. The van der Waals surface area contributed by atoms with Gasteiger partial charge in [0.1, 0.15) is 13.2 Å². The second kappa shape index (κ2) is 5.37. The van der Waals surface area contributed by atoms with Crippen molar-refractivity contribution in [1.82, 2.24) is 9.34 Å². The first-order valence-corrected chi connectivity index (χ1v) is 9.75. The number of hydrogen-bond acceptors (Lipinski definition) is 4. The minimum atomic E-state index is -2.05. The van der Waals surface area contributed by atoms with Crippen molar-refractivity contribution in [2.24, 2.45) is 0 Å². The fourth-order valence-electron chi connectivity index (χ4n) is 4.17. The lowest BCUT2D eigenvalue weighted by Crippen LogP contribution is -2.26. The fourth-order valence-corrected chi connectivity index (χ4v) is 7.59. The molecule has 0 N–H and O–H groups in total. The molecule has 1 spiro atoms. The quantitative estimate of drug-likeness (QED) is 0.783. The molecule has 4 nitrogen and oxygen atoms in total. The Morgan fingerprint density at radius 2 is 1.13 bits per heavy atom. The molecule has 118 valence electrons. The highest BCUT2D eigenvalue weighted by molar-refractivity contribution is 7.62. The van der Waals surface area contributed by atoms with E-state index >= 15 is 0 Å². The average molecular weight is 327 g/mol. The number of benzene rings is 2. The summed E-state index contributed by atoms with van der Waals surface area (Å²) in [6, 6.07) is 22.2. The molecule has 23 heavy (non-hydrogen) atoms. The molecule has 0 bridgehead atoms. The minimum absolute atomic E-state index is 0.301. The van der Waals surface area contributed by atoms with Gasteiger partial charge in [0.05, 0.1) is 25.2 Å². The first-order valence-electron chi connectivity index (χ1n) is 8.22. The Labute approximate surface area is 137 Å². The fraction of sp³-hybridized carbons (Fsp3) is 0.333. The molecular formula is C18H20N2O2P+. The molecule has 3 heterocycles. The standard InChI is InChI=1S/C18H20N2O2P/c1-3-7-15(8-4-1)17-18(16-9-5-2-6-10-16)20-12-14-22-23(20)19(17)11-13-21-23/h1-10,17-18H,11-14H2/q+1/t17-,18-,23?/m0/s1. The minimum Gasteiger partial charge on any atom is -0.171 e. The normalized spacial score (nSPS) is 29.6. The van der Waals surface area contributed by atoms with Gasteiger partial charge in [-0.2, -0.15) is 9.05 Å². The maximum Gasteiger partial charge on any atom is 0.437 e. The summed E-state index contributed by atoms with van der Waals surface area (Å²) in [4.78, 5) is 0. The van der Waals surface area contributed by atoms with Crippen molar-refractivity contribution >= 4 is 8.02 Å². The largest absolute Gasteiger partial charge is 0.437 e. The van der Waals surface area contributed by atoms with E-state index in [0.717, 1.165) is 26.3 Å². The first kappa shape index (κ1) is 14.1. The van der Waals surface area contributed by atoms with Gasteiger partial charge in [0.25, 0.3) is 0 Å². The summed E-state index contributed by atoms with van der Waals surface area (Å²) in [5.41, 5.74) is 2.70. The van der Waals surface area contributed by atoms with Crippen molar-refractivity contribution in [2.45, 2.75) is 12.1 Å². The van der Waals surface area contributed by atoms with Crippen molar-refractivity contribution < 1.29 is 9.05 Å². The lowest BCUT2D eigenvalue weighted by molar-refractivity contribution is 0.246. The lowest BCUT2D eigenvalue weighted by atomic mass is 9.93. The second-order valence-electron chi connectivity index (χ2n) is 6.19. The van der Waals surface area contributed by atoms with Gasteiger partial charge in [0, 0.05) is 0 Å². The molecule has 0 aliphatic carbocycles. The van der Waals surface area contributed by atoms with E-state index in [0.29, 0.717) is 12.1 Å². The summed E-state index contributed by atoms with van der Waals surface area (Å²) in [7, 11) is -2.05. The van der Waals surface area contributed by atoms with Crippen LogP contribution < -0.4 is 0 Å². The van der Waals surface area contributed by atoms with Crippen LogP contribution in [0.2, 0.25) is 0 Å². The molecule has 2 aromatic carbocycles. The van der Waals surface area contributed by atoms with Crippen LogP contribution in [0, 0.1) is 0 Å². The van der Waals surface area contributed by atoms with Gasteiger partial charge in [-0.05, 0) is 11.1 Å². The molecule has 0 saturated carbocycles. The van der Waals surface area contributed by atoms with Crippen LogP contribution in [0.15, 0.2) is 60.7 Å². The molecule has 3 aliphatic rings. The van der Waals surface area contributed by atoms with E-state index in [1.165, 1.54) is 11.1 Å². The molecule has 5 rings (SSSR count). The predicted octanol–water partition coefficient (Wildman–Crippen LogP) is 3.82. The topological polar surface area (TPSA) is 24.9 Å². The van der Waals surface area contributed by atoms with Crippen molar-refractivity contribution in [3.63, 3.8) is 0 Å². The maximum atomic E-state index is 6.23. The molecule has 5 heteroatoms. The van der Waals surface area contributed by atoms with Crippen LogP contribution in [0.1, 0.15) is 23.2 Å². The van der Waals surface area contributed by atoms with Crippen LogP contribution in [0.25, 0.3) is 0 Å². The van der Waals surface area contributed by atoms with E-state index in [-0.39, 0.29) is 0 Å². The average Bonchev–Trinajstić information content (AvgIpc) is 3.26.